The van der Waals surface area contributed by atoms with Crippen molar-refractivity contribution in [2.24, 2.45) is 0 Å². The lowest BCUT2D eigenvalue weighted by molar-refractivity contribution is -0.141. The smallest absolute Gasteiger partial charge is 0.365 e. The Kier molecular flexibility index (Phi) is 7.11. The Morgan fingerprint density at radius 3 is 2.47 bits per heavy atom. The van der Waals surface area contributed by atoms with Crippen molar-refractivity contribution in [1.82, 2.24) is 0 Å². The summed E-state index contributed by atoms with van der Waals surface area (Å²) >= 11 is 0. The van der Waals surface area contributed by atoms with Crippen LogP contribution in [0, 0.1) is 11.8 Å². The normalized spacial score (nSPS) is 10.4. The summed E-state index contributed by atoms with van der Waals surface area (Å²) in [5.41, 5.74) is 0. The van der Waals surface area contributed by atoms with Crippen LogP contribution in [0.4, 0.5) is 8.78 Å². The van der Waals surface area contributed by atoms with Crippen molar-refractivity contribution in [3.05, 3.63) is 0 Å². The average molecular weight is 246 g/mol. The molecule has 0 aromatic rings. The number of carbonyl (C=O) groups excluding carboxylic acids is 2. The van der Waals surface area contributed by atoms with Crippen LogP contribution < -0.4 is 0 Å². The van der Waals surface area contributed by atoms with Crippen molar-refractivity contribution >= 4 is 11.8 Å². The highest BCUT2D eigenvalue weighted by Gasteiger charge is 2.34. The van der Waals surface area contributed by atoms with E-state index < -0.39 is 11.7 Å². The molecule has 0 saturated carbocycles. The van der Waals surface area contributed by atoms with Crippen LogP contribution in [0.15, 0.2) is 0 Å². The van der Waals surface area contributed by atoms with Gasteiger partial charge in [0.05, 0.1) is 6.61 Å². The van der Waals surface area contributed by atoms with Crippen molar-refractivity contribution in [3.8, 4) is 11.8 Å². The predicted molar refractivity (Wildman–Crippen MR) is 58.5 cm³/mol. The Balaban J connectivity index is 3.81. The molecule has 0 heterocycles. The Morgan fingerprint density at radius 1 is 1.29 bits per heavy atom. The van der Waals surface area contributed by atoms with Crippen molar-refractivity contribution in [3.63, 3.8) is 0 Å². The monoisotopic (exact) mass is 246 g/mol. The van der Waals surface area contributed by atoms with Crippen LogP contribution in [0.5, 0.6) is 0 Å². The van der Waals surface area contributed by atoms with Crippen LogP contribution in [0.2, 0.25) is 0 Å². The summed E-state index contributed by atoms with van der Waals surface area (Å²) in [6, 6.07) is 0. The lowest BCUT2D eigenvalue weighted by Crippen LogP contribution is -2.25. The highest BCUT2D eigenvalue weighted by atomic mass is 19.3. The van der Waals surface area contributed by atoms with Gasteiger partial charge in [-0.3, -0.25) is 9.59 Å². The van der Waals surface area contributed by atoms with Crippen LogP contribution in [0.1, 0.15) is 39.5 Å². The van der Waals surface area contributed by atoms with Crippen molar-refractivity contribution in [2.45, 2.75) is 45.5 Å². The van der Waals surface area contributed by atoms with E-state index in [1.807, 2.05) is 0 Å². The first-order chi connectivity index (χ1) is 7.90. The van der Waals surface area contributed by atoms with Gasteiger partial charge in [-0.15, -0.1) is 0 Å². The molecule has 0 atom stereocenters. The van der Waals surface area contributed by atoms with Gasteiger partial charge in [-0.25, -0.2) is 0 Å². The van der Waals surface area contributed by atoms with E-state index >= 15 is 0 Å². The molecule has 0 rings (SSSR count). The van der Waals surface area contributed by atoms with Gasteiger partial charge in [-0.05, 0) is 18.8 Å². The first-order valence-electron chi connectivity index (χ1n) is 5.44. The largest absolute Gasteiger partial charge is 0.466 e. The van der Waals surface area contributed by atoms with Crippen LogP contribution >= 0.6 is 0 Å². The predicted octanol–water partition coefficient (Wildman–Crippen LogP) is 2.34. The van der Waals surface area contributed by atoms with E-state index in [1.165, 1.54) is 13.8 Å². The topological polar surface area (TPSA) is 43.4 Å². The number of hydrogen-bond donors (Lipinski definition) is 0. The van der Waals surface area contributed by atoms with Crippen LogP contribution in [0.25, 0.3) is 0 Å². The summed E-state index contributed by atoms with van der Waals surface area (Å²) in [6.07, 6.45) is 1.15. The Bertz CT molecular complexity index is 326. The molecule has 0 spiro atoms. The summed E-state index contributed by atoms with van der Waals surface area (Å²) in [5.74, 6) is -1.13. The van der Waals surface area contributed by atoms with Gasteiger partial charge in [0, 0.05) is 19.8 Å². The molecular weight excluding hydrogens is 230 g/mol. The maximum absolute atomic E-state index is 12.9. The minimum Gasteiger partial charge on any atom is -0.466 e. The minimum absolute atomic E-state index is 0.228. The van der Waals surface area contributed by atoms with Gasteiger partial charge in [0.1, 0.15) is 0 Å². The number of rotatable bonds is 6. The molecule has 0 radical (unpaired) electrons. The zero-order valence-electron chi connectivity index (χ0n) is 10.0. The lowest BCUT2D eigenvalue weighted by atomic mass is 10.1. The molecule has 0 aliphatic carbocycles. The second-order valence-corrected chi connectivity index (χ2v) is 3.45. The average Bonchev–Trinajstić information content (AvgIpc) is 2.26. The molecule has 0 aliphatic heterocycles. The number of carbonyl (C=O) groups is 2. The Labute approximate surface area is 99.5 Å². The van der Waals surface area contributed by atoms with Crippen LogP contribution in [-0.2, 0) is 14.3 Å². The van der Waals surface area contributed by atoms with E-state index in [0.29, 0.717) is 12.8 Å². The van der Waals surface area contributed by atoms with E-state index in [-0.39, 0.29) is 25.4 Å². The molecule has 96 valence electrons. The number of unbranched alkanes of at least 4 members (excludes halogenated alkanes) is 2. The summed E-state index contributed by atoms with van der Waals surface area (Å²) in [4.78, 5) is 21.1. The molecule has 0 aromatic carbocycles. The second kappa shape index (κ2) is 7.77. The van der Waals surface area contributed by atoms with Gasteiger partial charge in [0.15, 0.2) is 0 Å². The fraction of sp³-hybridized carbons (Fsp3) is 0.667. The van der Waals surface area contributed by atoms with Crippen molar-refractivity contribution in [2.75, 3.05) is 6.61 Å². The molecule has 0 bridgehead atoms. The first-order valence-corrected chi connectivity index (χ1v) is 5.44. The molecule has 0 aliphatic rings. The van der Waals surface area contributed by atoms with Gasteiger partial charge in [-0.1, -0.05) is 12.8 Å². The van der Waals surface area contributed by atoms with E-state index in [2.05, 4.69) is 10.7 Å². The quantitative estimate of drug-likeness (QED) is 0.410. The van der Waals surface area contributed by atoms with E-state index in [9.17, 15) is 18.4 Å². The standard InChI is InChI=1S/C12H16F2O3/c1-3-11(16)12(13,14)8-6-4-5-7-9-17-10(2)15/h3-5,7,9H2,1-2H3. The third-order valence-corrected chi connectivity index (χ3v) is 1.92. The van der Waals surface area contributed by atoms with E-state index in [0.717, 1.165) is 0 Å². The molecule has 0 unspecified atom stereocenters. The Morgan fingerprint density at radius 2 is 1.94 bits per heavy atom. The number of hydrogen-bond acceptors (Lipinski definition) is 3. The van der Waals surface area contributed by atoms with Gasteiger partial charge in [0.2, 0.25) is 5.78 Å². The molecule has 17 heavy (non-hydrogen) atoms. The number of halogens is 2. The fourth-order valence-electron chi connectivity index (χ4n) is 0.997. The summed E-state index contributed by atoms with van der Waals surface area (Å²) in [5, 5.41) is 0. The van der Waals surface area contributed by atoms with E-state index in [1.54, 1.807) is 5.92 Å². The molecule has 0 fully saturated rings. The van der Waals surface area contributed by atoms with E-state index in [4.69, 9.17) is 0 Å². The zero-order chi connectivity index (χ0) is 13.3. The summed E-state index contributed by atoms with van der Waals surface area (Å²) in [6.45, 7) is 2.94. The molecule has 3 nitrogen and oxygen atoms in total. The molecule has 0 saturated heterocycles. The molecule has 0 amide bonds. The van der Waals surface area contributed by atoms with Crippen molar-refractivity contribution < 1.29 is 23.1 Å². The molecule has 0 N–H and O–H groups in total. The van der Waals surface area contributed by atoms with Gasteiger partial charge < -0.3 is 4.74 Å². The Hall–Kier alpha value is -1.44. The van der Waals surface area contributed by atoms with Crippen molar-refractivity contribution in [1.29, 1.82) is 0 Å². The summed E-state index contributed by atoms with van der Waals surface area (Å²) < 4.78 is 30.5. The SMILES string of the molecule is CCC(=O)C(F)(F)C#CCCCCOC(C)=O. The highest BCUT2D eigenvalue weighted by molar-refractivity contribution is 5.88. The fourth-order valence-corrected chi connectivity index (χ4v) is 0.997. The first kappa shape index (κ1) is 15.6. The second-order valence-electron chi connectivity index (χ2n) is 3.45. The number of Topliss-reactive ketones (excluding diaryl/α,β-unsaturated/α-hetero) is 1. The van der Waals surface area contributed by atoms with Crippen LogP contribution in [0.3, 0.4) is 0 Å². The number of alkyl halides is 2. The number of ether oxygens (including phenoxy) is 1. The zero-order valence-corrected chi connectivity index (χ0v) is 10.0. The highest BCUT2D eigenvalue weighted by Crippen LogP contribution is 2.15. The third kappa shape index (κ3) is 7.45. The number of ketones is 1. The maximum atomic E-state index is 12.9. The summed E-state index contributed by atoms with van der Waals surface area (Å²) in [7, 11) is 0. The number of esters is 1. The minimum atomic E-state index is -3.54. The maximum Gasteiger partial charge on any atom is 0.365 e. The van der Waals surface area contributed by atoms with Gasteiger partial charge in [-0.2, -0.15) is 8.78 Å². The van der Waals surface area contributed by atoms with Gasteiger partial charge >= 0.3 is 11.9 Å². The van der Waals surface area contributed by atoms with Crippen LogP contribution in [-0.4, -0.2) is 24.3 Å². The lowest BCUT2D eigenvalue weighted by Gasteiger charge is -2.04. The molecule has 0 aromatic heterocycles. The molecular formula is C12H16F2O3. The molecule has 5 heteroatoms. The van der Waals surface area contributed by atoms with Gasteiger partial charge in [0.25, 0.3) is 0 Å². The third-order valence-electron chi connectivity index (χ3n) is 1.92.